The average molecular weight is 704 g/mol. The van der Waals surface area contributed by atoms with Gasteiger partial charge in [0.1, 0.15) is 11.2 Å². The Kier molecular flexibility index (Phi) is 7.25. The topological polar surface area (TPSA) is 16.4 Å². The van der Waals surface area contributed by atoms with E-state index in [4.69, 9.17) is 4.42 Å². The predicted molar refractivity (Wildman–Crippen MR) is 229 cm³/mol. The van der Waals surface area contributed by atoms with E-state index in [2.05, 4.69) is 211 Å². The summed E-state index contributed by atoms with van der Waals surface area (Å²) in [7, 11) is 0. The molecule has 2 nitrogen and oxygen atoms in total. The molecule has 0 fully saturated rings. The lowest BCUT2D eigenvalue weighted by Crippen LogP contribution is -2.35. The molecule has 2 aliphatic rings. The third-order valence-electron chi connectivity index (χ3n) is 11.9. The van der Waals surface area contributed by atoms with Crippen molar-refractivity contribution in [3.05, 3.63) is 234 Å². The summed E-state index contributed by atoms with van der Waals surface area (Å²) in [5, 5.41) is 4.71. The highest BCUT2D eigenvalue weighted by molar-refractivity contribution is 6.19. The molecule has 55 heavy (non-hydrogen) atoms. The van der Waals surface area contributed by atoms with Crippen molar-refractivity contribution < 1.29 is 4.42 Å². The molecule has 0 saturated carbocycles. The van der Waals surface area contributed by atoms with Crippen LogP contribution in [0.5, 0.6) is 0 Å². The fourth-order valence-corrected chi connectivity index (χ4v) is 9.58. The largest absolute Gasteiger partial charge is 0.456 e. The number of rotatable bonds is 6. The summed E-state index contributed by atoms with van der Waals surface area (Å²) in [6.07, 6.45) is 5.68. The summed E-state index contributed by atoms with van der Waals surface area (Å²) in [5.74, 6) is 0. The van der Waals surface area contributed by atoms with Gasteiger partial charge < -0.3 is 9.32 Å². The molecule has 0 radical (unpaired) electrons. The number of allylic oxidation sites excluding steroid dienone is 2. The standard InChI is InChI=1S/C53H37NO/c1-4-15-36(16-5-1)37-27-30-41(31-28-37)54(42-32-34-49-45(35-42)51-43-22-11-10-17-38(43)29-33-50(51)55-49)48-26-14-25-47-52(48)44-23-12-13-24-46(44)53(47,39-18-6-2-7-19-39)40-20-8-3-9-21-40/h1-25,27-35,48H,26H2. The number of hydrogen-bond acceptors (Lipinski definition) is 2. The molecule has 260 valence electrons. The van der Waals surface area contributed by atoms with Gasteiger partial charge in [-0.2, -0.15) is 0 Å². The Labute approximate surface area is 320 Å². The van der Waals surface area contributed by atoms with Crippen molar-refractivity contribution in [1.29, 1.82) is 0 Å². The van der Waals surface area contributed by atoms with E-state index < -0.39 is 5.41 Å². The van der Waals surface area contributed by atoms with Gasteiger partial charge in [-0.15, -0.1) is 0 Å². The normalized spacial score (nSPS) is 15.7. The minimum absolute atomic E-state index is 0.0189. The summed E-state index contributed by atoms with van der Waals surface area (Å²) < 4.78 is 6.51. The number of furan rings is 1. The van der Waals surface area contributed by atoms with Crippen molar-refractivity contribution in [2.75, 3.05) is 4.90 Å². The molecule has 0 spiro atoms. The van der Waals surface area contributed by atoms with Crippen molar-refractivity contribution in [3.63, 3.8) is 0 Å². The first-order valence-electron chi connectivity index (χ1n) is 19.2. The van der Waals surface area contributed by atoms with Crippen LogP contribution in [-0.4, -0.2) is 6.04 Å². The van der Waals surface area contributed by atoms with Gasteiger partial charge in [0, 0.05) is 22.1 Å². The Hall–Kier alpha value is -6.90. The minimum Gasteiger partial charge on any atom is -0.456 e. The van der Waals surface area contributed by atoms with E-state index in [9.17, 15) is 0 Å². The third-order valence-corrected chi connectivity index (χ3v) is 11.9. The smallest absolute Gasteiger partial charge is 0.136 e. The van der Waals surface area contributed by atoms with Crippen LogP contribution in [0.15, 0.2) is 216 Å². The molecule has 0 N–H and O–H groups in total. The quantitative estimate of drug-likeness (QED) is 0.171. The molecule has 1 unspecified atom stereocenters. The second-order valence-corrected chi connectivity index (χ2v) is 14.7. The van der Waals surface area contributed by atoms with Gasteiger partial charge in [-0.05, 0) is 98.1 Å². The van der Waals surface area contributed by atoms with Crippen LogP contribution in [0.3, 0.4) is 0 Å². The molecule has 2 heteroatoms. The molecule has 8 aromatic carbocycles. The SMILES string of the molecule is C1=CC2=C(c3ccccc3C2(c2ccccc2)c2ccccc2)C(N(c2ccc(-c3ccccc3)cc2)c2ccc3oc4ccc5ccccc5c4c3c2)C1. The molecule has 0 aliphatic heterocycles. The second kappa shape index (κ2) is 12.6. The van der Waals surface area contributed by atoms with Crippen LogP contribution in [0.4, 0.5) is 11.4 Å². The van der Waals surface area contributed by atoms with Crippen molar-refractivity contribution in [2.24, 2.45) is 0 Å². The van der Waals surface area contributed by atoms with E-state index in [1.807, 2.05) is 0 Å². The van der Waals surface area contributed by atoms with Gasteiger partial charge in [-0.3, -0.25) is 0 Å². The first-order chi connectivity index (χ1) is 27.3. The van der Waals surface area contributed by atoms with E-state index >= 15 is 0 Å². The third kappa shape index (κ3) is 4.81. The molecule has 0 saturated heterocycles. The summed E-state index contributed by atoms with van der Waals surface area (Å²) >= 11 is 0. The van der Waals surface area contributed by atoms with Crippen LogP contribution in [0.1, 0.15) is 28.7 Å². The van der Waals surface area contributed by atoms with Crippen LogP contribution in [0.2, 0.25) is 0 Å². The van der Waals surface area contributed by atoms with Crippen molar-refractivity contribution in [2.45, 2.75) is 17.9 Å². The highest BCUT2D eigenvalue weighted by Crippen LogP contribution is 2.58. The van der Waals surface area contributed by atoms with Crippen LogP contribution in [-0.2, 0) is 5.41 Å². The van der Waals surface area contributed by atoms with Crippen molar-refractivity contribution in [1.82, 2.24) is 0 Å². The number of fused-ring (bicyclic) bond motifs is 7. The maximum Gasteiger partial charge on any atom is 0.136 e. The zero-order valence-corrected chi connectivity index (χ0v) is 30.3. The molecular formula is C53H37NO. The molecule has 1 heterocycles. The zero-order chi connectivity index (χ0) is 36.3. The number of nitrogens with zero attached hydrogens (tertiary/aromatic N) is 1. The Balaban J connectivity index is 1.17. The van der Waals surface area contributed by atoms with Crippen LogP contribution in [0, 0.1) is 0 Å². The first kappa shape index (κ1) is 31.6. The molecule has 2 aliphatic carbocycles. The monoisotopic (exact) mass is 703 g/mol. The zero-order valence-electron chi connectivity index (χ0n) is 30.3. The van der Waals surface area contributed by atoms with Gasteiger partial charge in [-0.1, -0.05) is 170 Å². The summed E-state index contributed by atoms with van der Waals surface area (Å²) in [4.78, 5) is 2.58. The Morgan fingerprint density at radius 2 is 1.13 bits per heavy atom. The van der Waals surface area contributed by atoms with E-state index in [0.717, 1.165) is 39.7 Å². The van der Waals surface area contributed by atoms with Gasteiger partial charge in [0.25, 0.3) is 0 Å². The van der Waals surface area contributed by atoms with Crippen LogP contribution < -0.4 is 4.90 Å². The highest BCUT2D eigenvalue weighted by Gasteiger charge is 2.49. The summed E-state index contributed by atoms with van der Waals surface area (Å²) in [6, 6.07) is 70.8. The molecule has 11 rings (SSSR count). The van der Waals surface area contributed by atoms with Crippen molar-refractivity contribution in [3.8, 4) is 11.1 Å². The summed E-state index contributed by atoms with van der Waals surface area (Å²) in [6.45, 7) is 0. The lowest BCUT2D eigenvalue weighted by molar-refractivity contribution is 0.669. The second-order valence-electron chi connectivity index (χ2n) is 14.7. The van der Waals surface area contributed by atoms with Crippen LogP contribution >= 0.6 is 0 Å². The van der Waals surface area contributed by atoms with Gasteiger partial charge in [0.15, 0.2) is 0 Å². The van der Waals surface area contributed by atoms with E-state index in [1.54, 1.807) is 0 Å². The van der Waals surface area contributed by atoms with E-state index in [0.29, 0.717) is 0 Å². The number of anilines is 2. The molecular weight excluding hydrogens is 667 g/mol. The Morgan fingerprint density at radius 1 is 0.509 bits per heavy atom. The van der Waals surface area contributed by atoms with E-state index in [1.165, 1.54) is 55.3 Å². The molecule has 0 amide bonds. The van der Waals surface area contributed by atoms with E-state index in [-0.39, 0.29) is 6.04 Å². The Morgan fingerprint density at radius 3 is 1.89 bits per heavy atom. The predicted octanol–water partition coefficient (Wildman–Crippen LogP) is 13.7. The fraction of sp³-hybridized carbons (Fsp3) is 0.0566. The lowest BCUT2D eigenvalue weighted by Gasteiger charge is -2.39. The first-order valence-corrected chi connectivity index (χ1v) is 19.2. The van der Waals surface area contributed by atoms with Crippen molar-refractivity contribution >= 4 is 49.7 Å². The molecule has 9 aromatic rings. The van der Waals surface area contributed by atoms with Gasteiger partial charge in [0.2, 0.25) is 0 Å². The fourth-order valence-electron chi connectivity index (χ4n) is 9.58. The van der Waals surface area contributed by atoms with Gasteiger partial charge in [0.05, 0.1) is 11.5 Å². The highest BCUT2D eigenvalue weighted by atomic mass is 16.3. The lowest BCUT2D eigenvalue weighted by atomic mass is 9.66. The average Bonchev–Trinajstić information content (AvgIpc) is 3.79. The Bertz CT molecular complexity index is 2900. The molecule has 1 aromatic heterocycles. The maximum atomic E-state index is 6.51. The number of hydrogen-bond donors (Lipinski definition) is 0. The maximum absolute atomic E-state index is 6.51. The number of benzene rings is 8. The molecule has 1 atom stereocenters. The van der Waals surface area contributed by atoms with Crippen LogP contribution in [0.25, 0.3) is 49.4 Å². The van der Waals surface area contributed by atoms with Gasteiger partial charge >= 0.3 is 0 Å². The minimum atomic E-state index is -0.462. The van der Waals surface area contributed by atoms with Gasteiger partial charge in [-0.25, -0.2) is 0 Å². The molecule has 0 bridgehead atoms. The summed E-state index contributed by atoms with van der Waals surface area (Å²) in [5.41, 5.74) is 14.0.